The first-order valence-electron chi connectivity index (χ1n) is 9.71. The van der Waals surface area contributed by atoms with Crippen LogP contribution >= 0.6 is 11.8 Å². The second-order valence-electron chi connectivity index (χ2n) is 6.97. The first-order chi connectivity index (χ1) is 16.0. The molecule has 12 heteroatoms. The molecule has 0 fully saturated rings. The number of rotatable bonds is 6. The molecular formula is C21H17FN6O4S. The van der Waals surface area contributed by atoms with E-state index in [4.69, 9.17) is 19.7 Å². The molecule has 0 saturated heterocycles. The van der Waals surface area contributed by atoms with Gasteiger partial charge in [-0.2, -0.15) is 10.1 Å². The van der Waals surface area contributed by atoms with E-state index in [1.54, 1.807) is 18.2 Å². The first kappa shape index (κ1) is 20.8. The molecule has 0 radical (unpaired) electrons. The van der Waals surface area contributed by atoms with Gasteiger partial charge < -0.3 is 25.0 Å². The SMILES string of the molecule is CSc1nn(CC(=O)Nc2ccc(F)cc2)c(N)c1-c1nc(-c2ccc3c(c2)OCO3)no1. The summed E-state index contributed by atoms with van der Waals surface area (Å²) in [5.74, 6) is 1.21. The average Bonchev–Trinajstić information content (AvgIpc) is 3.54. The van der Waals surface area contributed by atoms with Gasteiger partial charge in [-0.3, -0.25) is 4.79 Å². The second-order valence-corrected chi connectivity index (χ2v) is 7.77. The minimum Gasteiger partial charge on any atom is -0.454 e. The lowest BCUT2D eigenvalue weighted by atomic mass is 10.2. The van der Waals surface area contributed by atoms with Gasteiger partial charge in [0.2, 0.25) is 18.5 Å². The summed E-state index contributed by atoms with van der Waals surface area (Å²) in [5.41, 5.74) is 7.88. The lowest BCUT2D eigenvalue weighted by Gasteiger charge is -2.06. The number of thioether (sulfide) groups is 1. The first-order valence-corrected chi connectivity index (χ1v) is 10.9. The minimum atomic E-state index is -0.391. The highest BCUT2D eigenvalue weighted by Crippen LogP contribution is 2.37. The summed E-state index contributed by atoms with van der Waals surface area (Å²) < 4.78 is 30.6. The number of halogens is 1. The largest absolute Gasteiger partial charge is 0.454 e. The molecular weight excluding hydrogens is 451 g/mol. The van der Waals surface area contributed by atoms with Crippen LogP contribution in [0.4, 0.5) is 15.9 Å². The number of fused-ring (bicyclic) bond motifs is 1. The van der Waals surface area contributed by atoms with Crippen LogP contribution in [0.2, 0.25) is 0 Å². The monoisotopic (exact) mass is 468 g/mol. The topological polar surface area (TPSA) is 130 Å². The van der Waals surface area contributed by atoms with Crippen molar-refractivity contribution in [1.82, 2.24) is 19.9 Å². The molecule has 1 aliphatic rings. The molecule has 3 N–H and O–H groups in total. The van der Waals surface area contributed by atoms with Crippen LogP contribution < -0.4 is 20.5 Å². The molecule has 0 spiro atoms. The number of nitrogens with one attached hydrogen (secondary N) is 1. The van der Waals surface area contributed by atoms with Gasteiger partial charge in [-0.05, 0) is 48.7 Å². The Kier molecular flexibility index (Phi) is 5.34. The summed E-state index contributed by atoms with van der Waals surface area (Å²) >= 11 is 1.33. The molecule has 0 bridgehead atoms. The maximum absolute atomic E-state index is 13.1. The predicted molar refractivity (Wildman–Crippen MR) is 118 cm³/mol. The highest BCUT2D eigenvalue weighted by atomic mass is 32.2. The van der Waals surface area contributed by atoms with E-state index in [0.717, 1.165) is 0 Å². The van der Waals surface area contributed by atoms with Gasteiger partial charge in [-0.15, -0.1) is 11.8 Å². The van der Waals surface area contributed by atoms with Crippen LogP contribution in [0.3, 0.4) is 0 Å². The van der Waals surface area contributed by atoms with Crippen molar-refractivity contribution >= 4 is 29.2 Å². The number of hydrogen-bond donors (Lipinski definition) is 2. The Morgan fingerprint density at radius 1 is 1.21 bits per heavy atom. The fourth-order valence-electron chi connectivity index (χ4n) is 3.26. The molecule has 10 nitrogen and oxygen atoms in total. The van der Waals surface area contributed by atoms with Gasteiger partial charge in [0.25, 0.3) is 5.89 Å². The summed E-state index contributed by atoms with van der Waals surface area (Å²) in [6.45, 7) is 0.0117. The Bertz CT molecular complexity index is 1340. The molecule has 5 rings (SSSR count). The van der Waals surface area contributed by atoms with E-state index in [2.05, 4.69) is 20.6 Å². The molecule has 0 atom stereocenters. The Hall–Kier alpha value is -4.06. The summed E-state index contributed by atoms with van der Waals surface area (Å²) in [7, 11) is 0. The number of nitrogens with two attached hydrogens (primary N) is 1. The third kappa shape index (κ3) is 4.07. The smallest absolute Gasteiger partial charge is 0.264 e. The zero-order chi connectivity index (χ0) is 22.9. The molecule has 168 valence electrons. The van der Waals surface area contributed by atoms with Crippen LogP contribution in [0.1, 0.15) is 0 Å². The van der Waals surface area contributed by atoms with Crippen molar-refractivity contribution in [2.75, 3.05) is 24.1 Å². The second kappa shape index (κ2) is 8.47. The third-order valence-corrected chi connectivity index (χ3v) is 5.52. The lowest BCUT2D eigenvalue weighted by molar-refractivity contribution is -0.116. The molecule has 0 aliphatic carbocycles. The van der Waals surface area contributed by atoms with Crippen molar-refractivity contribution in [3.63, 3.8) is 0 Å². The molecule has 2 aromatic heterocycles. The lowest BCUT2D eigenvalue weighted by Crippen LogP contribution is -2.20. The van der Waals surface area contributed by atoms with Crippen LogP contribution in [-0.4, -0.2) is 38.9 Å². The molecule has 3 heterocycles. The maximum Gasteiger partial charge on any atom is 0.264 e. The normalized spacial score (nSPS) is 12.2. The number of carbonyl (C=O) groups is 1. The van der Waals surface area contributed by atoms with E-state index in [-0.39, 0.29) is 31.0 Å². The highest BCUT2D eigenvalue weighted by molar-refractivity contribution is 7.98. The summed E-state index contributed by atoms with van der Waals surface area (Å²) in [5, 5.41) is 11.6. The van der Waals surface area contributed by atoms with Crippen LogP contribution in [0.25, 0.3) is 22.8 Å². The third-order valence-electron chi connectivity index (χ3n) is 4.84. The summed E-state index contributed by atoms with van der Waals surface area (Å²) in [6.07, 6.45) is 1.82. The number of benzene rings is 2. The van der Waals surface area contributed by atoms with E-state index in [1.807, 2.05) is 6.26 Å². The predicted octanol–water partition coefficient (Wildman–Crippen LogP) is 3.41. The zero-order valence-corrected chi connectivity index (χ0v) is 18.1. The molecule has 0 unspecified atom stereocenters. The molecule has 0 saturated carbocycles. The Balaban J connectivity index is 1.39. The van der Waals surface area contributed by atoms with Gasteiger partial charge in [0.05, 0.1) is 0 Å². The van der Waals surface area contributed by atoms with E-state index < -0.39 is 5.82 Å². The number of nitrogen functional groups attached to an aromatic ring is 1. The van der Waals surface area contributed by atoms with Gasteiger partial charge in [-0.25, -0.2) is 9.07 Å². The maximum atomic E-state index is 13.1. The van der Waals surface area contributed by atoms with E-state index in [1.165, 1.54) is 40.7 Å². The molecule has 1 aliphatic heterocycles. The number of hydrogen-bond acceptors (Lipinski definition) is 9. The molecule has 33 heavy (non-hydrogen) atoms. The van der Waals surface area contributed by atoms with Crippen molar-refractivity contribution in [2.45, 2.75) is 11.6 Å². The van der Waals surface area contributed by atoms with Crippen LogP contribution in [0.5, 0.6) is 11.5 Å². The van der Waals surface area contributed by atoms with Crippen molar-refractivity contribution in [2.24, 2.45) is 0 Å². The Morgan fingerprint density at radius 2 is 2.00 bits per heavy atom. The van der Waals surface area contributed by atoms with Crippen LogP contribution in [0, 0.1) is 5.82 Å². The van der Waals surface area contributed by atoms with Crippen LogP contribution in [0.15, 0.2) is 52.0 Å². The zero-order valence-electron chi connectivity index (χ0n) is 17.2. The van der Waals surface area contributed by atoms with Crippen molar-refractivity contribution in [3.05, 3.63) is 48.3 Å². The van der Waals surface area contributed by atoms with Gasteiger partial charge in [0.15, 0.2) is 11.5 Å². The Morgan fingerprint density at radius 3 is 2.79 bits per heavy atom. The molecule has 4 aromatic rings. The number of anilines is 2. The summed E-state index contributed by atoms with van der Waals surface area (Å²) in [6, 6.07) is 10.8. The average molecular weight is 468 g/mol. The summed E-state index contributed by atoms with van der Waals surface area (Å²) in [4.78, 5) is 16.9. The van der Waals surface area contributed by atoms with Crippen molar-refractivity contribution < 1.29 is 23.2 Å². The van der Waals surface area contributed by atoms with E-state index >= 15 is 0 Å². The molecule has 2 aromatic carbocycles. The van der Waals surface area contributed by atoms with E-state index in [0.29, 0.717) is 39.2 Å². The number of carbonyl (C=O) groups excluding carboxylic acids is 1. The Labute approximate surface area is 190 Å². The van der Waals surface area contributed by atoms with E-state index in [9.17, 15) is 9.18 Å². The fraction of sp³-hybridized carbons (Fsp3) is 0.143. The standard InChI is InChI=1S/C21H17FN6O4S/c1-33-21-17(18(23)28(26-21)9-16(29)24-13-5-3-12(22)4-6-13)20-25-19(27-32-20)11-2-7-14-15(8-11)31-10-30-14/h2-8H,9-10,23H2,1H3,(H,24,29). The highest BCUT2D eigenvalue weighted by Gasteiger charge is 2.24. The number of aromatic nitrogens is 4. The van der Waals surface area contributed by atoms with Gasteiger partial charge in [0, 0.05) is 11.3 Å². The number of amides is 1. The van der Waals surface area contributed by atoms with Gasteiger partial charge in [0.1, 0.15) is 28.8 Å². The number of ether oxygens (including phenoxy) is 2. The number of nitrogens with zero attached hydrogens (tertiary/aromatic N) is 4. The molecule has 1 amide bonds. The van der Waals surface area contributed by atoms with Crippen LogP contribution in [-0.2, 0) is 11.3 Å². The van der Waals surface area contributed by atoms with Gasteiger partial charge >= 0.3 is 0 Å². The quantitative estimate of drug-likeness (QED) is 0.409. The van der Waals surface area contributed by atoms with Crippen molar-refractivity contribution in [3.8, 4) is 34.3 Å². The van der Waals surface area contributed by atoms with Gasteiger partial charge in [-0.1, -0.05) is 5.16 Å². The van der Waals surface area contributed by atoms with Crippen molar-refractivity contribution in [1.29, 1.82) is 0 Å². The minimum absolute atomic E-state index is 0.153. The fourth-order valence-corrected chi connectivity index (χ4v) is 3.84.